The van der Waals surface area contributed by atoms with Crippen molar-refractivity contribution in [2.45, 2.75) is 65.6 Å². The van der Waals surface area contributed by atoms with Gasteiger partial charge >= 0.3 is 19.1 Å². The molecule has 6 nitrogen and oxygen atoms in total. The Kier molecular flexibility index (Phi) is 8.27. The van der Waals surface area contributed by atoms with Crippen molar-refractivity contribution in [1.29, 1.82) is 0 Å². The third kappa shape index (κ3) is 5.95. The second kappa shape index (κ2) is 10.3. The maximum absolute atomic E-state index is 12.5. The first-order chi connectivity index (χ1) is 14.1. The van der Waals surface area contributed by atoms with Gasteiger partial charge in [0.15, 0.2) is 0 Å². The van der Waals surface area contributed by atoms with Crippen LogP contribution in [0.1, 0.15) is 64.7 Å². The maximum Gasteiger partial charge on any atom is 0.487 e. The molecule has 0 amide bonds. The molecule has 1 saturated heterocycles. The molecule has 0 radical (unpaired) electrons. The molecule has 0 unspecified atom stereocenters. The van der Waals surface area contributed by atoms with E-state index in [1.54, 1.807) is 31.2 Å². The van der Waals surface area contributed by atoms with E-state index in [1.807, 2.05) is 46.7 Å². The molecule has 1 aromatic rings. The molecule has 0 N–H and O–H groups in total. The molecule has 7 heteroatoms. The highest BCUT2D eigenvalue weighted by atomic mass is 16.7. The second-order valence-corrected chi connectivity index (χ2v) is 8.33. The summed E-state index contributed by atoms with van der Waals surface area (Å²) in [6.45, 7) is 12.1. The van der Waals surface area contributed by atoms with Gasteiger partial charge in [0.2, 0.25) is 0 Å². The molecule has 164 valence electrons. The van der Waals surface area contributed by atoms with Gasteiger partial charge in [0.1, 0.15) is 0 Å². The first-order valence-electron chi connectivity index (χ1n) is 10.6. The highest BCUT2D eigenvalue weighted by Crippen LogP contribution is 2.37. The van der Waals surface area contributed by atoms with E-state index in [9.17, 15) is 9.59 Å². The minimum Gasteiger partial charge on any atom is -0.466 e. The van der Waals surface area contributed by atoms with Crippen LogP contribution >= 0.6 is 0 Å². The summed E-state index contributed by atoms with van der Waals surface area (Å²) in [4.78, 5) is 24.7. The van der Waals surface area contributed by atoms with E-state index >= 15 is 0 Å². The lowest BCUT2D eigenvalue weighted by Gasteiger charge is -2.32. The lowest BCUT2D eigenvalue weighted by molar-refractivity contribution is -0.146. The number of ether oxygens (including phenoxy) is 2. The highest BCUT2D eigenvalue weighted by molar-refractivity contribution is 6.51. The smallest absolute Gasteiger partial charge is 0.466 e. The second-order valence-electron chi connectivity index (χ2n) is 8.33. The summed E-state index contributed by atoms with van der Waals surface area (Å²) in [5.41, 5.74) is 0.316. The minimum atomic E-state index is -0.585. The van der Waals surface area contributed by atoms with E-state index in [0.717, 1.165) is 5.57 Å². The molecule has 1 aliphatic heterocycles. The zero-order valence-corrected chi connectivity index (χ0v) is 18.9. The standard InChI is InChI=1S/C23H33BO6/c1-7-19(21(26)27-8-2)18(16-24-29-22(3,4)23(5,6)30-24)14-15-28-20(25)17-12-10-9-11-13-17/h9-13,16,19H,7-8,14-15H2,1-6H3/b18-16+/t19-/m0/s1. The average molecular weight is 416 g/mol. The Morgan fingerprint density at radius 2 is 1.63 bits per heavy atom. The van der Waals surface area contributed by atoms with E-state index in [-0.39, 0.29) is 12.6 Å². The zero-order chi connectivity index (χ0) is 22.4. The van der Waals surface area contributed by atoms with E-state index in [4.69, 9.17) is 18.8 Å². The van der Waals surface area contributed by atoms with Crippen molar-refractivity contribution in [1.82, 2.24) is 0 Å². The van der Waals surface area contributed by atoms with Crippen molar-refractivity contribution in [3.8, 4) is 0 Å². The molecule has 1 fully saturated rings. The van der Waals surface area contributed by atoms with Crippen LogP contribution in [0.5, 0.6) is 0 Å². The van der Waals surface area contributed by atoms with Gasteiger partial charge in [-0.3, -0.25) is 4.79 Å². The Bertz CT molecular complexity index is 740. The van der Waals surface area contributed by atoms with E-state index in [0.29, 0.717) is 25.0 Å². The molecule has 1 aromatic carbocycles. The highest BCUT2D eigenvalue weighted by Gasteiger charge is 2.50. The van der Waals surface area contributed by atoms with Crippen molar-refractivity contribution in [3.05, 3.63) is 47.4 Å². The molecular formula is C23H33BO6. The molecule has 30 heavy (non-hydrogen) atoms. The molecule has 1 atom stereocenters. The molecule has 0 saturated carbocycles. The van der Waals surface area contributed by atoms with Crippen LogP contribution in [0.4, 0.5) is 0 Å². The van der Waals surface area contributed by atoms with Gasteiger partial charge in [-0.2, -0.15) is 0 Å². The number of rotatable bonds is 9. The van der Waals surface area contributed by atoms with Gasteiger partial charge in [-0.25, -0.2) is 4.79 Å². The van der Waals surface area contributed by atoms with Crippen molar-refractivity contribution < 1.29 is 28.4 Å². The van der Waals surface area contributed by atoms with Crippen LogP contribution in [-0.2, 0) is 23.6 Å². The third-order valence-electron chi connectivity index (χ3n) is 5.68. The van der Waals surface area contributed by atoms with Crippen molar-refractivity contribution in [3.63, 3.8) is 0 Å². The average Bonchev–Trinajstić information content (AvgIpc) is 2.89. The molecule has 1 heterocycles. The van der Waals surface area contributed by atoms with Crippen LogP contribution < -0.4 is 0 Å². The fraction of sp³-hybridized carbons (Fsp3) is 0.565. The first-order valence-corrected chi connectivity index (χ1v) is 10.6. The monoisotopic (exact) mass is 416 g/mol. The molecule has 0 aromatic heterocycles. The lowest BCUT2D eigenvalue weighted by atomic mass is 9.81. The Hall–Kier alpha value is -2.12. The first kappa shape index (κ1) is 24.2. The maximum atomic E-state index is 12.5. The lowest BCUT2D eigenvalue weighted by Crippen LogP contribution is -2.41. The van der Waals surface area contributed by atoms with Crippen LogP contribution in [0.15, 0.2) is 41.9 Å². The fourth-order valence-electron chi connectivity index (χ4n) is 3.25. The normalized spacial score (nSPS) is 18.7. The summed E-state index contributed by atoms with van der Waals surface area (Å²) < 4.78 is 22.8. The quantitative estimate of drug-likeness (QED) is 0.440. The summed E-state index contributed by atoms with van der Waals surface area (Å²) in [5, 5.41) is 0. The number of carbonyl (C=O) groups is 2. The minimum absolute atomic E-state index is 0.148. The summed E-state index contributed by atoms with van der Waals surface area (Å²) >= 11 is 0. The van der Waals surface area contributed by atoms with Gasteiger partial charge in [-0.05, 0) is 53.2 Å². The summed E-state index contributed by atoms with van der Waals surface area (Å²) in [7, 11) is -0.585. The Balaban J connectivity index is 2.15. The van der Waals surface area contributed by atoms with E-state index in [2.05, 4.69) is 0 Å². The van der Waals surface area contributed by atoms with Crippen molar-refractivity contribution in [2.75, 3.05) is 13.2 Å². The van der Waals surface area contributed by atoms with Gasteiger partial charge in [-0.15, -0.1) is 0 Å². The van der Waals surface area contributed by atoms with Gasteiger partial charge in [0.05, 0.1) is 35.9 Å². The predicted molar refractivity (Wildman–Crippen MR) is 116 cm³/mol. The van der Waals surface area contributed by atoms with Gasteiger partial charge < -0.3 is 18.8 Å². The number of hydrogen-bond donors (Lipinski definition) is 0. The molecular weight excluding hydrogens is 383 g/mol. The largest absolute Gasteiger partial charge is 0.487 e. The van der Waals surface area contributed by atoms with Crippen LogP contribution in [-0.4, -0.2) is 43.5 Å². The predicted octanol–water partition coefficient (Wildman–Crippen LogP) is 4.38. The number of esters is 2. The number of benzene rings is 1. The van der Waals surface area contributed by atoms with Gasteiger partial charge in [0.25, 0.3) is 0 Å². The summed E-state index contributed by atoms with van der Waals surface area (Å²) in [5.74, 6) is 0.698. The van der Waals surface area contributed by atoms with Gasteiger partial charge in [0, 0.05) is 6.42 Å². The molecule has 2 rings (SSSR count). The van der Waals surface area contributed by atoms with Crippen molar-refractivity contribution >= 4 is 19.1 Å². The molecule has 0 bridgehead atoms. The Morgan fingerprint density at radius 1 is 1.03 bits per heavy atom. The summed E-state index contributed by atoms with van der Waals surface area (Å²) in [6.07, 6.45) is 0.955. The summed E-state index contributed by atoms with van der Waals surface area (Å²) in [6, 6.07) is 8.82. The topological polar surface area (TPSA) is 71.1 Å². The fourth-order valence-corrected chi connectivity index (χ4v) is 3.25. The zero-order valence-electron chi connectivity index (χ0n) is 18.9. The Morgan fingerprint density at radius 3 is 2.17 bits per heavy atom. The van der Waals surface area contributed by atoms with Gasteiger partial charge in [-0.1, -0.05) is 36.7 Å². The van der Waals surface area contributed by atoms with E-state index < -0.39 is 30.2 Å². The van der Waals surface area contributed by atoms with Crippen LogP contribution in [0.25, 0.3) is 0 Å². The Labute approximate surface area is 180 Å². The van der Waals surface area contributed by atoms with Crippen LogP contribution in [0.2, 0.25) is 0 Å². The van der Waals surface area contributed by atoms with Crippen molar-refractivity contribution in [2.24, 2.45) is 5.92 Å². The SMILES string of the molecule is CCOC(=O)[C@@H](CC)/C(=C/B1OC(C)(C)C(C)(C)O1)CCOC(=O)c1ccccc1. The molecule has 1 aliphatic rings. The van der Waals surface area contributed by atoms with Crippen LogP contribution in [0, 0.1) is 5.92 Å². The number of hydrogen-bond acceptors (Lipinski definition) is 6. The number of carbonyl (C=O) groups excluding carboxylic acids is 2. The third-order valence-corrected chi connectivity index (χ3v) is 5.68. The molecule has 0 spiro atoms. The van der Waals surface area contributed by atoms with E-state index in [1.165, 1.54) is 0 Å². The molecule has 0 aliphatic carbocycles. The van der Waals surface area contributed by atoms with Crippen LogP contribution in [0.3, 0.4) is 0 Å².